The fourth-order valence-electron chi connectivity index (χ4n) is 3.66. The van der Waals surface area contributed by atoms with Gasteiger partial charge >= 0.3 is 0 Å². The second-order valence-electron chi connectivity index (χ2n) is 8.21. The molecule has 0 aliphatic rings. The molecule has 0 radical (unpaired) electrons. The van der Waals surface area contributed by atoms with Crippen molar-refractivity contribution in [3.8, 4) is 22.6 Å². The number of H-pyrrole nitrogens is 1. The van der Waals surface area contributed by atoms with Gasteiger partial charge in [-0.1, -0.05) is 66.2 Å². The van der Waals surface area contributed by atoms with Crippen LogP contribution in [0, 0.1) is 11.8 Å². The van der Waals surface area contributed by atoms with Crippen molar-refractivity contribution in [2.75, 3.05) is 13.2 Å². The van der Waals surface area contributed by atoms with E-state index >= 15 is 0 Å². The standard InChI is InChI=1S/C26H41NO2/c1-5-9-11-21(7-3)19-28-24-13-14-25(23-15-16-27-18-23)26(17-24)29-20-22(8-4)12-10-6-2/h13-18,21-22,27H,5-12,19-20H2,1-4H3. The number of benzene rings is 1. The van der Waals surface area contributed by atoms with Crippen LogP contribution in [0.25, 0.3) is 11.1 Å². The molecule has 0 aliphatic carbocycles. The summed E-state index contributed by atoms with van der Waals surface area (Å²) in [4.78, 5) is 3.15. The van der Waals surface area contributed by atoms with Gasteiger partial charge in [0.2, 0.25) is 0 Å². The Balaban J connectivity index is 2.09. The van der Waals surface area contributed by atoms with E-state index in [0.717, 1.165) is 42.3 Å². The Kier molecular flexibility index (Phi) is 10.8. The topological polar surface area (TPSA) is 34.2 Å². The highest BCUT2D eigenvalue weighted by atomic mass is 16.5. The Bertz CT molecular complexity index is 665. The van der Waals surface area contributed by atoms with E-state index in [9.17, 15) is 0 Å². The molecular formula is C26H41NO2. The van der Waals surface area contributed by atoms with E-state index in [-0.39, 0.29) is 0 Å². The maximum absolute atomic E-state index is 6.36. The lowest BCUT2D eigenvalue weighted by Crippen LogP contribution is -2.13. The molecule has 1 aromatic carbocycles. The maximum Gasteiger partial charge on any atom is 0.130 e. The number of ether oxygens (including phenoxy) is 2. The van der Waals surface area contributed by atoms with Gasteiger partial charge in [-0.15, -0.1) is 0 Å². The number of unbranched alkanes of at least 4 members (excludes halogenated alkanes) is 2. The molecule has 2 atom stereocenters. The molecule has 1 N–H and O–H groups in total. The Morgan fingerprint density at radius 3 is 2.03 bits per heavy atom. The number of aromatic amines is 1. The van der Waals surface area contributed by atoms with Crippen molar-refractivity contribution in [3.05, 3.63) is 36.7 Å². The average molecular weight is 400 g/mol. The first kappa shape index (κ1) is 23.4. The second kappa shape index (κ2) is 13.3. The van der Waals surface area contributed by atoms with Crippen LogP contribution in [0.4, 0.5) is 0 Å². The Morgan fingerprint density at radius 1 is 0.828 bits per heavy atom. The van der Waals surface area contributed by atoms with Gasteiger partial charge in [0.05, 0.1) is 13.2 Å². The lowest BCUT2D eigenvalue weighted by molar-refractivity contribution is 0.223. The number of nitrogens with one attached hydrogen (secondary N) is 1. The molecule has 1 heterocycles. The molecule has 29 heavy (non-hydrogen) atoms. The zero-order valence-electron chi connectivity index (χ0n) is 19.0. The van der Waals surface area contributed by atoms with Crippen molar-refractivity contribution in [2.45, 2.75) is 79.1 Å². The number of hydrogen-bond acceptors (Lipinski definition) is 2. The molecule has 0 bridgehead atoms. The van der Waals surface area contributed by atoms with Gasteiger partial charge < -0.3 is 14.5 Å². The van der Waals surface area contributed by atoms with E-state index in [2.05, 4.69) is 56.9 Å². The first-order chi connectivity index (χ1) is 14.2. The van der Waals surface area contributed by atoms with Gasteiger partial charge in [-0.05, 0) is 42.9 Å². The largest absolute Gasteiger partial charge is 0.493 e. The molecule has 2 rings (SSSR count). The van der Waals surface area contributed by atoms with Crippen LogP contribution in [0.2, 0.25) is 0 Å². The lowest BCUT2D eigenvalue weighted by atomic mass is 10.0. The molecule has 0 amide bonds. The highest BCUT2D eigenvalue weighted by Crippen LogP contribution is 2.34. The van der Waals surface area contributed by atoms with Gasteiger partial charge in [0.1, 0.15) is 11.5 Å². The number of hydrogen-bond donors (Lipinski definition) is 1. The number of rotatable bonds is 15. The lowest BCUT2D eigenvalue weighted by Gasteiger charge is -2.19. The smallest absolute Gasteiger partial charge is 0.130 e. The fraction of sp³-hybridized carbons (Fsp3) is 0.615. The van der Waals surface area contributed by atoms with Crippen molar-refractivity contribution >= 4 is 0 Å². The summed E-state index contributed by atoms with van der Waals surface area (Å²) < 4.78 is 12.5. The summed E-state index contributed by atoms with van der Waals surface area (Å²) in [5.74, 6) is 3.08. The molecule has 0 saturated carbocycles. The van der Waals surface area contributed by atoms with Crippen molar-refractivity contribution in [3.63, 3.8) is 0 Å². The third-order valence-corrected chi connectivity index (χ3v) is 5.91. The van der Waals surface area contributed by atoms with E-state index in [1.54, 1.807) is 0 Å². The predicted molar refractivity (Wildman–Crippen MR) is 124 cm³/mol. The molecule has 3 nitrogen and oxygen atoms in total. The Labute approximate surface area is 178 Å². The van der Waals surface area contributed by atoms with E-state index < -0.39 is 0 Å². The SMILES string of the molecule is CCCCC(CC)COc1ccc(-c2cc[nH]c2)c(OCC(CC)CCCC)c1. The summed E-state index contributed by atoms with van der Waals surface area (Å²) in [7, 11) is 0. The van der Waals surface area contributed by atoms with Gasteiger partial charge in [0.15, 0.2) is 0 Å². The third kappa shape index (κ3) is 7.79. The predicted octanol–water partition coefficient (Wildman–Crippen LogP) is 7.87. The Morgan fingerprint density at radius 2 is 1.48 bits per heavy atom. The molecular weight excluding hydrogens is 358 g/mol. The minimum Gasteiger partial charge on any atom is -0.493 e. The average Bonchev–Trinajstić information content (AvgIpc) is 3.29. The molecule has 0 saturated heterocycles. The second-order valence-corrected chi connectivity index (χ2v) is 8.21. The highest BCUT2D eigenvalue weighted by Gasteiger charge is 2.13. The molecule has 2 unspecified atom stereocenters. The molecule has 162 valence electrons. The summed E-state index contributed by atoms with van der Waals surface area (Å²) in [5, 5.41) is 0. The first-order valence-corrected chi connectivity index (χ1v) is 11.7. The van der Waals surface area contributed by atoms with Crippen molar-refractivity contribution < 1.29 is 9.47 Å². The molecule has 0 spiro atoms. The third-order valence-electron chi connectivity index (χ3n) is 5.91. The molecule has 0 fully saturated rings. The van der Waals surface area contributed by atoms with Gasteiger partial charge in [-0.2, -0.15) is 0 Å². The van der Waals surface area contributed by atoms with Gasteiger partial charge in [0.25, 0.3) is 0 Å². The van der Waals surface area contributed by atoms with Crippen molar-refractivity contribution in [1.29, 1.82) is 0 Å². The van der Waals surface area contributed by atoms with Crippen LogP contribution in [0.5, 0.6) is 11.5 Å². The van der Waals surface area contributed by atoms with Crippen LogP contribution < -0.4 is 9.47 Å². The van der Waals surface area contributed by atoms with Crippen LogP contribution in [0.15, 0.2) is 36.7 Å². The van der Waals surface area contributed by atoms with Crippen molar-refractivity contribution in [1.82, 2.24) is 4.98 Å². The highest BCUT2D eigenvalue weighted by molar-refractivity contribution is 5.71. The van der Waals surface area contributed by atoms with E-state index in [1.165, 1.54) is 44.9 Å². The quantitative estimate of drug-likeness (QED) is 0.330. The van der Waals surface area contributed by atoms with E-state index in [1.807, 2.05) is 12.4 Å². The van der Waals surface area contributed by atoms with Crippen LogP contribution in [-0.4, -0.2) is 18.2 Å². The zero-order valence-corrected chi connectivity index (χ0v) is 19.0. The summed E-state index contributed by atoms with van der Waals surface area (Å²) in [6, 6.07) is 8.39. The van der Waals surface area contributed by atoms with Gasteiger partial charge in [0, 0.05) is 29.6 Å². The first-order valence-electron chi connectivity index (χ1n) is 11.7. The summed E-state index contributed by atoms with van der Waals surface area (Å²) >= 11 is 0. The summed E-state index contributed by atoms with van der Waals surface area (Å²) in [6.45, 7) is 10.6. The van der Waals surface area contributed by atoms with Gasteiger partial charge in [-0.3, -0.25) is 0 Å². The summed E-state index contributed by atoms with van der Waals surface area (Å²) in [5.41, 5.74) is 2.28. The monoisotopic (exact) mass is 399 g/mol. The summed E-state index contributed by atoms with van der Waals surface area (Å²) in [6.07, 6.45) is 13.8. The molecule has 3 heteroatoms. The van der Waals surface area contributed by atoms with Crippen LogP contribution in [0.3, 0.4) is 0 Å². The van der Waals surface area contributed by atoms with Crippen LogP contribution >= 0.6 is 0 Å². The zero-order chi connectivity index (χ0) is 20.9. The number of aromatic nitrogens is 1. The van der Waals surface area contributed by atoms with Crippen LogP contribution in [0.1, 0.15) is 79.1 Å². The van der Waals surface area contributed by atoms with Crippen LogP contribution in [-0.2, 0) is 0 Å². The minimum atomic E-state index is 0.608. The molecule has 2 aromatic rings. The van der Waals surface area contributed by atoms with E-state index in [4.69, 9.17) is 9.47 Å². The maximum atomic E-state index is 6.36. The fourth-order valence-corrected chi connectivity index (χ4v) is 3.66. The van der Waals surface area contributed by atoms with Gasteiger partial charge in [-0.25, -0.2) is 0 Å². The van der Waals surface area contributed by atoms with Crippen molar-refractivity contribution in [2.24, 2.45) is 11.8 Å². The molecule has 1 aromatic heterocycles. The normalized spacial score (nSPS) is 13.2. The van der Waals surface area contributed by atoms with E-state index in [0.29, 0.717) is 11.8 Å². The molecule has 0 aliphatic heterocycles. The minimum absolute atomic E-state index is 0.608. The Hall–Kier alpha value is -1.90.